The molecule has 1 aliphatic heterocycles. The molecule has 0 aliphatic carbocycles. The first-order chi connectivity index (χ1) is 11.6. The van der Waals surface area contributed by atoms with Gasteiger partial charge >= 0.3 is 6.03 Å². The molecular formula is C19H24N4O. The Balaban J connectivity index is 1.53. The Kier molecular flexibility index (Phi) is 4.99. The van der Waals surface area contributed by atoms with Crippen molar-refractivity contribution in [3.63, 3.8) is 0 Å². The van der Waals surface area contributed by atoms with E-state index in [2.05, 4.69) is 47.2 Å². The number of aryl methyl sites for hydroxylation is 2. The highest BCUT2D eigenvalue weighted by molar-refractivity contribution is 5.74. The van der Waals surface area contributed by atoms with Gasteiger partial charge in [-0.15, -0.1) is 0 Å². The fourth-order valence-corrected chi connectivity index (χ4v) is 3.00. The fourth-order valence-electron chi connectivity index (χ4n) is 3.00. The summed E-state index contributed by atoms with van der Waals surface area (Å²) in [6, 6.07) is 10.4. The highest BCUT2D eigenvalue weighted by Crippen LogP contribution is 2.22. The van der Waals surface area contributed by atoms with Crippen molar-refractivity contribution in [1.29, 1.82) is 0 Å². The van der Waals surface area contributed by atoms with Crippen LogP contribution < -0.4 is 10.2 Å². The van der Waals surface area contributed by atoms with Gasteiger partial charge in [-0.05, 0) is 42.7 Å². The summed E-state index contributed by atoms with van der Waals surface area (Å²) in [5, 5.41) is 2.97. The van der Waals surface area contributed by atoms with E-state index < -0.39 is 0 Å². The van der Waals surface area contributed by atoms with Crippen molar-refractivity contribution in [2.75, 3.05) is 31.1 Å². The molecule has 0 radical (unpaired) electrons. The number of amides is 2. The molecule has 2 amide bonds. The molecule has 0 bridgehead atoms. The number of carbonyl (C=O) groups is 1. The molecule has 126 valence electrons. The van der Waals surface area contributed by atoms with E-state index in [4.69, 9.17) is 0 Å². The number of carbonyl (C=O) groups excluding carboxylic acids is 1. The van der Waals surface area contributed by atoms with Crippen LogP contribution in [0.5, 0.6) is 0 Å². The Labute approximate surface area is 143 Å². The largest absolute Gasteiger partial charge is 0.368 e. The lowest BCUT2D eigenvalue weighted by Gasteiger charge is -2.37. The Morgan fingerprint density at radius 2 is 1.96 bits per heavy atom. The van der Waals surface area contributed by atoms with Crippen molar-refractivity contribution in [2.24, 2.45) is 0 Å². The zero-order valence-corrected chi connectivity index (χ0v) is 14.3. The maximum Gasteiger partial charge on any atom is 0.317 e. The summed E-state index contributed by atoms with van der Waals surface area (Å²) in [5.74, 6) is 0. The Bertz CT molecular complexity index is 694. The second-order valence-corrected chi connectivity index (χ2v) is 6.28. The van der Waals surface area contributed by atoms with Gasteiger partial charge in [0.1, 0.15) is 0 Å². The van der Waals surface area contributed by atoms with E-state index in [1.807, 2.05) is 17.0 Å². The first-order valence-electron chi connectivity index (χ1n) is 8.37. The molecule has 1 aliphatic rings. The van der Waals surface area contributed by atoms with Crippen LogP contribution in [0.25, 0.3) is 0 Å². The zero-order chi connectivity index (χ0) is 16.9. The number of pyridine rings is 1. The van der Waals surface area contributed by atoms with E-state index in [0.29, 0.717) is 6.54 Å². The van der Waals surface area contributed by atoms with Gasteiger partial charge in [-0.1, -0.05) is 18.2 Å². The number of anilines is 1. The Hall–Kier alpha value is -2.56. The first-order valence-corrected chi connectivity index (χ1v) is 8.37. The lowest BCUT2D eigenvalue weighted by molar-refractivity contribution is 0.194. The molecule has 1 aromatic carbocycles. The number of nitrogens with zero attached hydrogens (tertiary/aromatic N) is 3. The zero-order valence-electron chi connectivity index (χ0n) is 14.3. The fraction of sp³-hybridized carbons (Fsp3) is 0.368. The van der Waals surface area contributed by atoms with Crippen molar-refractivity contribution in [3.05, 3.63) is 59.4 Å². The summed E-state index contributed by atoms with van der Waals surface area (Å²) >= 11 is 0. The summed E-state index contributed by atoms with van der Waals surface area (Å²) in [6.45, 7) is 7.99. The van der Waals surface area contributed by atoms with Crippen molar-refractivity contribution in [3.8, 4) is 0 Å². The molecule has 1 aromatic heterocycles. The number of urea groups is 1. The standard InChI is InChI=1S/C19H24N4O/c1-15-5-6-16(2)18(12-15)22-8-10-23(11-9-22)19(24)21-14-17-4-3-7-20-13-17/h3-7,12-13H,8-11,14H2,1-2H3,(H,21,24). The van der Waals surface area contributed by atoms with Gasteiger partial charge in [0, 0.05) is 50.8 Å². The third-order valence-corrected chi connectivity index (χ3v) is 4.44. The van der Waals surface area contributed by atoms with Gasteiger partial charge in [0.2, 0.25) is 0 Å². The highest BCUT2D eigenvalue weighted by Gasteiger charge is 2.21. The Morgan fingerprint density at radius 1 is 1.17 bits per heavy atom. The maximum atomic E-state index is 12.3. The number of rotatable bonds is 3. The topological polar surface area (TPSA) is 48.5 Å². The second-order valence-electron chi connectivity index (χ2n) is 6.28. The number of hydrogen-bond donors (Lipinski definition) is 1. The maximum absolute atomic E-state index is 12.3. The van der Waals surface area contributed by atoms with Crippen LogP contribution in [0.1, 0.15) is 16.7 Å². The van der Waals surface area contributed by atoms with Crippen LogP contribution in [0.2, 0.25) is 0 Å². The van der Waals surface area contributed by atoms with E-state index >= 15 is 0 Å². The van der Waals surface area contributed by atoms with E-state index in [0.717, 1.165) is 31.7 Å². The lowest BCUT2D eigenvalue weighted by atomic mass is 10.1. The lowest BCUT2D eigenvalue weighted by Crippen LogP contribution is -2.51. The SMILES string of the molecule is Cc1ccc(C)c(N2CCN(C(=O)NCc3cccnc3)CC2)c1. The molecule has 5 heteroatoms. The third kappa shape index (κ3) is 3.85. The molecule has 3 rings (SSSR count). The molecule has 0 atom stereocenters. The van der Waals surface area contributed by atoms with Gasteiger partial charge < -0.3 is 15.1 Å². The number of nitrogens with one attached hydrogen (secondary N) is 1. The predicted octanol–water partition coefficient (Wildman–Crippen LogP) is 2.73. The number of hydrogen-bond acceptors (Lipinski definition) is 3. The highest BCUT2D eigenvalue weighted by atomic mass is 16.2. The van der Waals surface area contributed by atoms with Crippen LogP contribution in [0, 0.1) is 13.8 Å². The summed E-state index contributed by atoms with van der Waals surface area (Å²) in [4.78, 5) is 20.6. The monoisotopic (exact) mass is 324 g/mol. The van der Waals surface area contributed by atoms with Crippen molar-refractivity contribution < 1.29 is 4.79 Å². The minimum atomic E-state index is -0.000493. The smallest absolute Gasteiger partial charge is 0.317 e. The molecule has 1 N–H and O–H groups in total. The minimum Gasteiger partial charge on any atom is -0.368 e. The molecule has 2 heterocycles. The van der Waals surface area contributed by atoms with Crippen LogP contribution >= 0.6 is 0 Å². The van der Waals surface area contributed by atoms with Crippen LogP contribution in [0.4, 0.5) is 10.5 Å². The Morgan fingerprint density at radius 3 is 2.67 bits per heavy atom. The molecule has 5 nitrogen and oxygen atoms in total. The van der Waals surface area contributed by atoms with E-state index in [1.165, 1.54) is 16.8 Å². The van der Waals surface area contributed by atoms with Crippen molar-refractivity contribution >= 4 is 11.7 Å². The molecule has 0 spiro atoms. The molecule has 0 unspecified atom stereocenters. The third-order valence-electron chi connectivity index (χ3n) is 4.44. The summed E-state index contributed by atoms with van der Waals surface area (Å²) < 4.78 is 0. The number of aromatic nitrogens is 1. The van der Waals surface area contributed by atoms with E-state index in [-0.39, 0.29) is 6.03 Å². The van der Waals surface area contributed by atoms with Crippen LogP contribution in [0.15, 0.2) is 42.7 Å². The molecular weight excluding hydrogens is 300 g/mol. The van der Waals surface area contributed by atoms with E-state index in [9.17, 15) is 4.79 Å². The number of benzene rings is 1. The quantitative estimate of drug-likeness (QED) is 0.944. The predicted molar refractivity (Wildman–Crippen MR) is 96.2 cm³/mol. The minimum absolute atomic E-state index is 0.000493. The second kappa shape index (κ2) is 7.34. The van der Waals surface area contributed by atoms with Crippen molar-refractivity contribution in [2.45, 2.75) is 20.4 Å². The van der Waals surface area contributed by atoms with Gasteiger partial charge in [-0.3, -0.25) is 4.98 Å². The van der Waals surface area contributed by atoms with Crippen LogP contribution in [-0.4, -0.2) is 42.1 Å². The summed E-state index contributed by atoms with van der Waals surface area (Å²) in [5.41, 5.74) is 4.85. The number of piperazine rings is 1. The average Bonchev–Trinajstić information content (AvgIpc) is 2.63. The van der Waals surface area contributed by atoms with Crippen molar-refractivity contribution in [1.82, 2.24) is 15.2 Å². The molecule has 24 heavy (non-hydrogen) atoms. The van der Waals surface area contributed by atoms with Gasteiger partial charge in [-0.25, -0.2) is 4.79 Å². The molecule has 0 saturated carbocycles. The summed E-state index contributed by atoms with van der Waals surface area (Å²) in [6.07, 6.45) is 3.51. The average molecular weight is 324 g/mol. The van der Waals surface area contributed by atoms with Gasteiger partial charge in [0.05, 0.1) is 0 Å². The van der Waals surface area contributed by atoms with E-state index in [1.54, 1.807) is 12.4 Å². The van der Waals surface area contributed by atoms with Gasteiger partial charge in [-0.2, -0.15) is 0 Å². The first kappa shape index (κ1) is 16.3. The van der Waals surface area contributed by atoms with Gasteiger partial charge in [0.25, 0.3) is 0 Å². The molecule has 2 aromatic rings. The van der Waals surface area contributed by atoms with Crippen LogP contribution in [-0.2, 0) is 6.54 Å². The molecule has 1 fully saturated rings. The normalized spacial score (nSPS) is 14.6. The van der Waals surface area contributed by atoms with Gasteiger partial charge in [0.15, 0.2) is 0 Å². The molecule has 1 saturated heterocycles. The summed E-state index contributed by atoms with van der Waals surface area (Å²) in [7, 11) is 0. The van der Waals surface area contributed by atoms with Crippen LogP contribution in [0.3, 0.4) is 0 Å².